The number of rotatable bonds is 6. The smallest absolute Gasteiger partial charge is 0.416 e. The summed E-state index contributed by atoms with van der Waals surface area (Å²) in [5.41, 5.74) is -1.11. The fraction of sp³-hybridized carbons (Fsp3) is 0.261. The normalized spacial score (nSPS) is 16.1. The lowest BCUT2D eigenvalue weighted by atomic mass is 9.84. The number of alkyl halides is 3. The van der Waals surface area contributed by atoms with Crippen molar-refractivity contribution in [2.75, 3.05) is 18.6 Å². The van der Waals surface area contributed by atoms with Gasteiger partial charge in [0, 0.05) is 35.6 Å². The number of non-ortho nitro benzene ring substituents is 1. The van der Waals surface area contributed by atoms with Gasteiger partial charge in [-0.2, -0.15) is 13.2 Å². The number of nitrogens with zero attached hydrogens (tertiary/aromatic N) is 2. The molecule has 7 nitrogen and oxygen atoms in total. The molecule has 0 fully saturated rings. The van der Waals surface area contributed by atoms with E-state index < -0.39 is 34.2 Å². The topological polar surface area (TPSA) is 81.9 Å². The van der Waals surface area contributed by atoms with Gasteiger partial charge in [0.2, 0.25) is 0 Å². The van der Waals surface area contributed by atoms with Crippen LogP contribution in [0.3, 0.4) is 0 Å². The number of halogens is 3. The van der Waals surface area contributed by atoms with Crippen LogP contribution in [0, 0.1) is 10.1 Å². The molecule has 0 radical (unpaired) electrons. The van der Waals surface area contributed by atoms with Crippen molar-refractivity contribution in [2.45, 2.75) is 25.9 Å². The number of hydrogen-bond acceptors (Lipinski definition) is 6. The number of carbonyl (C=O) groups excluding carboxylic acids is 1. The molecule has 33 heavy (non-hydrogen) atoms. The first-order valence-corrected chi connectivity index (χ1v) is 9.93. The fourth-order valence-corrected chi connectivity index (χ4v) is 3.67. The maximum atomic E-state index is 13.8. The Bertz CT molecular complexity index is 1120. The van der Waals surface area contributed by atoms with Crippen molar-refractivity contribution < 1.29 is 32.4 Å². The summed E-state index contributed by atoms with van der Waals surface area (Å²) in [5, 5.41) is 11.0. The first-order valence-electron chi connectivity index (χ1n) is 9.93. The van der Waals surface area contributed by atoms with Crippen LogP contribution < -0.4 is 9.64 Å². The Balaban J connectivity index is 2.16. The standard InChI is InChI=1S/C23H21F3N2O5/c1-4-33-22(29)21-14(2)27(15-5-8-17(32-3)9-6-15)12-11-19(21)18-10-7-16(28(30)31)13-20(18)23(24,25)26/h5-13,19H,4H2,1-3H3. The molecule has 0 bridgehead atoms. The van der Waals surface area contributed by atoms with Gasteiger partial charge in [-0.15, -0.1) is 0 Å². The Hall–Kier alpha value is -3.82. The molecular weight excluding hydrogens is 441 g/mol. The van der Waals surface area contributed by atoms with Gasteiger partial charge in [0.1, 0.15) is 5.75 Å². The van der Waals surface area contributed by atoms with Crippen LogP contribution in [0.5, 0.6) is 5.75 Å². The van der Waals surface area contributed by atoms with Crippen LogP contribution in [0.2, 0.25) is 0 Å². The number of hydrogen-bond donors (Lipinski definition) is 0. The summed E-state index contributed by atoms with van der Waals surface area (Å²) >= 11 is 0. The minimum absolute atomic E-state index is 0.00882. The lowest BCUT2D eigenvalue weighted by molar-refractivity contribution is -0.385. The van der Waals surface area contributed by atoms with Crippen molar-refractivity contribution in [2.24, 2.45) is 0 Å². The van der Waals surface area contributed by atoms with Crippen LogP contribution in [0.15, 0.2) is 66.0 Å². The van der Waals surface area contributed by atoms with Gasteiger partial charge in [0.15, 0.2) is 0 Å². The van der Waals surface area contributed by atoms with Gasteiger partial charge >= 0.3 is 12.1 Å². The number of anilines is 1. The quantitative estimate of drug-likeness (QED) is 0.317. The highest BCUT2D eigenvalue weighted by atomic mass is 19.4. The average Bonchev–Trinajstić information content (AvgIpc) is 2.78. The van der Waals surface area contributed by atoms with E-state index >= 15 is 0 Å². The molecule has 0 saturated carbocycles. The molecule has 0 N–H and O–H groups in total. The molecule has 1 atom stereocenters. The molecule has 10 heteroatoms. The largest absolute Gasteiger partial charge is 0.497 e. The molecule has 2 aromatic carbocycles. The van der Waals surface area contributed by atoms with Crippen LogP contribution in [0.1, 0.15) is 30.9 Å². The van der Waals surface area contributed by atoms with E-state index in [0.29, 0.717) is 23.2 Å². The molecule has 3 rings (SSSR count). The van der Waals surface area contributed by atoms with Gasteiger partial charge in [-0.3, -0.25) is 10.1 Å². The van der Waals surface area contributed by atoms with E-state index in [1.54, 1.807) is 49.2 Å². The van der Waals surface area contributed by atoms with Gasteiger partial charge in [0.05, 0.1) is 29.8 Å². The maximum Gasteiger partial charge on any atom is 0.416 e. The van der Waals surface area contributed by atoms with Crippen molar-refractivity contribution in [3.05, 3.63) is 87.3 Å². The molecular formula is C23H21F3N2O5. The summed E-state index contributed by atoms with van der Waals surface area (Å²) in [6.45, 7) is 3.22. The van der Waals surface area contributed by atoms with E-state index in [2.05, 4.69) is 0 Å². The van der Waals surface area contributed by atoms with Gasteiger partial charge in [0.25, 0.3) is 5.69 Å². The summed E-state index contributed by atoms with van der Waals surface area (Å²) in [7, 11) is 1.52. The van der Waals surface area contributed by atoms with E-state index in [1.165, 1.54) is 13.2 Å². The zero-order chi connectivity index (χ0) is 24.3. The Morgan fingerprint density at radius 1 is 1.18 bits per heavy atom. The summed E-state index contributed by atoms with van der Waals surface area (Å²) in [5.74, 6) is -1.27. The number of benzene rings is 2. The second kappa shape index (κ2) is 9.35. The Kier molecular flexibility index (Phi) is 6.75. The second-order valence-electron chi connectivity index (χ2n) is 7.13. The summed E-state index contributed by atoms with van der Waals surface area (Å²) < 4.78 is 51.8. The molecule has 2 aromatic rings. The first kappa shape index (κ1) is 23.8. The second-order valence-corrected chi connectivity index (χ2v) is 7.13. The van der Waals surface area contributed by atoms with Crippen molar-refractivity contribution >= 4 is 17.3 Å². The molecule has 1 aliphatic heterocycles. The van der Waals surface area contributed by atoms with Gasteiger partial charge in [-0.25, -0.2) is 4.79 Å². The number of nitro benzene ring substituents is 1. The van der Waals surface area contributed by atoms with E-state index in [4.69, 9.17) is 9.47 Å². The van der Waals surface area contributed by atoms with E-state index in [0.717, 1.165) is 12.1 Å². The molecule has 1 unspecified atom stereocenters. The van der Waals surface area contributed by atoms with Crippen molar-refractivity contribution in [3.8, 4) is 5.75 Å². The number of allylic oxidation sites excluding steroid dienone is 2. The zero-order valence-electron chi connectivity index (χ0n) is 18.1. The monoisotopic (exact) mass is 462 g/mol. The molecule has 174 valence electrons. The van der Waals surface area contributed by atoms with E-state index in [-0.39, 0.29) is 17.7 Å². The van der Waals surface area contributed by atoms with Crippen LogP contribution in [-0.4, -0.2) is 24.6 Å². The fourth-order valence-electron chi connectivity index (χ4n) is 3.67. The molecule has 0 spiro atoms. The minimum atomic E-state index is -4.87. The predicted octanol–water partition coefficient (Wildman–Crippen LogP) is 5.58. The van der Waals surface area contributed by atoms with E-state index in [9.17, 15) is 28.1 Å². The number of esters is 1. The maximum absolute atomic E-state index is 13.8. The molecule has 0 aromatic heterocycles. The lowest BCUT2D eigenvalue weighted by Gasteiger charge is -2.32. The Morgan fingerprint density at radius 2 is 1.85 bits per heavy atom. The highest BCUT2D eigenvalue weighted by Gasteiger charge is 2.40. The van der Waals surface area contributed by atoms with Crippen molar-refractivity contribution in [1.82, 2.24) is 0 Å². The zero-order valence-corrected chi connectivity index (χ0v) is 18.1. The Morgan fingerprint density at radius 3 is 2.39 bits per heavy atom. The SMILES string of the molecule is CCOC(=O)C1=C(C)N(c2ccc(OC)cc2)C=CC1c1ccc([N+](=O)[O-])cc1C(F)(F)F. The summed E-state index contributed by atoms with van der Waals surface area (Å²) in [6, 6.07) is 9.41. The third-order valence-electron chi connectivity index (χ3n) is 5.22. The van der Waals surface area contributed by atoms with Crippen molar-refractivity contribution in [1.29, 1.82) is 0 Å². The predicted molar refractivity (Wildman–Crippen MR) is 115 cm³/mol. The van der Waals surface area contributed by atoms with Crippen LogP contribution in [-0.2, 0) is 15.7 Å². The van der Waals surface area contributed by atoms with Crippen LogP contribution in [0.4, 0.5) is 24.5 Å². The third-order valence-corrected chi connectivity index (χ3v) is 5.22. The first-order chi connectivity index (χ1) is 15.6. The number of methoxy groups -OCH3 is 1. The average molecular weight is 462 g/mol. The molecule has 1 aliphatic rings. The van der Waals surface area contributed by atoms with E-state index in [1.807, 2.05) is 0 Å². The van der Waals surface area contributed by atoms with Crippen molar-refractivity contribution in [3.63, 3.8) is 0 Å². The number of nitro groups is 1. The molecule has 0 amide bonds. The highest BCUT2D eigenvalue weighted by Crippen LogP contribution is 2.43. The molecule has 0 aliphatic carbocycles. The number of ether oxygens (including phenoxy) is 2. The third kappa shape index (κ3) is 4.84. The van der Waals surface area contributed by atoms with Gasteiger partial charge in [-0.05, 0) is 43.7 Å². The van der Waals surface area contributed by atoms with Gasteiger partial charge in [-0.1, -0.05) is 12.1 Å². The molecule has 0 saturated heterocycles. The minimum Gasteiger partial charge on any atom is -0.497 e. The van der Waals surface area contributed by atoms with Gasteiger partial charge < -0.3 is 14.4 Å². The number of carbonyl (C=O) groups is 1. The summed E-state index contributed by atoms with van der Waals surface area (Å²) in [4.78, 5) is 24.7. The highest BCUT2D eigenvalue weighted by molar-refractivity contribution is 5.93. The Labute approximate surface area is 187 Å². The molecule has 1 heterocycles. The lowest BCUT2D eigenvalue weighted by Crippen LogP contribution is -2.27. The van der Waals surface area contributed by atoms with Crippen LogP contribution in [0.25, 0.3) is 0 Å². The summed E-state index contributed by atoms with van der Waals surface area (Å²) in [6.07, 6.45) is -1.86. The van der Waals surface area contributed by atoms with Crippen LogP contribution >= 0.6 is 0 Å².